The monoisotopic (exact) mass is 242 g/mol. The van der Waals surface area contributed by atoms with E-state index in [9.17, 15) is 13.5 Å². The highest BCUT2D eigenvalue weighted by Gasteiger charge is 2.15. The molecule has 0 fully saturated rings. The van der Waals surface area contributed by atoms with Crippen LogP contribution >= 0.6 is 10.7 Å². The van der Waals surface area contributed by atoms with Crippen LogP contribution in [0.5, 0.6) is 5.75 Å². The van der Waals surface area contributed by atoms with E-state index in [0.29, 0.717) is 10.8 Å². The maximum Gasteiger partial charge on any atom is 0.261 e. The van der Waals surface area contributed by atoms with Crippen molar-refractivity contribution in [3.63, 3.8) is 0 Å². The first kappa shape index (κ1) is 10.3. The molecule has 0 aromatic heterocycles. The van der Waals surface area contributed by atoms with Gasteiger partial charge >= 0.3 is 0 Å². The zero-order chi connectivity index (χ0) is 11.1. The number of fused-ring (bicyclic) bond motifs is 1. The number of rotatable bonds is 1. The molecule has 0 atom stereocenters. The Morgan fingerprint density at radius 2 is 1.60 bits per heavy atom. The number of benzene rings is 2. The van der Waals surface area contributed by atoms with Crippen LogP contribution in [0.25, 0.3) is 10.8 Å². The van der Waals surface area contributed by atoms with E-state index >= 15 is 0 Å². The normalized spacial score (nSPS) is 11.8. The largest absolute Gasteiger partial charge is 0.507 e. The summed E-state index contributed by atoms with van der Waals surface area (Å²) in [5, 5.41) is 10.4. The molecule has 0 aliphatic carbocycles. The van der Waals surface area contributed by atoms with Gasteiger partial charge < -0.3 is 5.11 Å². The minimum atomic E-state index is -3.79. The van der Waals surface area contributed by atoms with E-state index in [1.165, 1.54) is 12.1 Å². The first-order valence-corrected chi connectivity index (χ1v) is 6.46. The van der Waals surface area contributed by atoms with E-state index in [2.05, 4.69) is 0 Å². The molecule has 0 radical (unpaired) electrons. The van der Waals surface area contributed by atoms with Crippen LogP contribution in [-0.2, 0) is 9.05 Å². The standard InChI is InChI=1S/C10H7ClO3S/c11-15(13,14)10-6-5-9(12)7-3-1-2-4-8(7)10/h1-6,12H. The summed E-state index contributed by atoms with van der Waals surface area (Å²) in [7, 11) is 1.50. The first-order chi connectivity index (χ1) is 7.00. The molecule has 0 aliphatic heterocycles. The fourth-order valence-corrected chi connectivity index (χ4v) is 2.54. The Bertz CT molecular complexity index is 620. The Labute approximate surface area is 91.3 Å². The van der Waals surface area contributed by atoms with Gasteiger partial charge in [-0.25, -0.2) is 8.42 Å². The Morgan fingerprint density at radius 3 is 2.20 bits per heavy atom. The summed E-state index contributed by atoms with van der Waals surface area (Å²) in [5.74, 6) is 0.0367. The second-order valence-corrected chi connectivity index (χ2v) is 5.60. The van der Waals surface area contributed by atoms with E-state index < -0.39 is 9.05 Å². The zero-order valence-corrected chi connectivity index (χ0v) is 9.09. The molecule has 1 N–H and O–H groups in total. The average molecular weight is 243 g/mol. The van der Waals surface area contributed by atoms with E-state index in [1.807, 2.05) is 0 Å². The second-order valence-electron chi connectivity index (χ2n) is 3.07. The number of hydrogen-bond acceptors (Lipinski definition) is 3. The van der Waals surface area contributed by atoms with Crippen molar-refractivity contribution in [1.29, 1.82) is 0 Å². The van der Waals surface area contributed by atoms with Crippen molar-refractivity contribution in [2.24, 2.45) is 0 Å². The number of aromatic hydroxyl groups is 1. The maximum absolute atomic E-state index is 11.2. The molecule has 0 spiro atoms. The molecular formula is C10H7ClO3S. The summed E-state index contributed by atoms with van der Waals surface area (Å²) in [6.07, 6.45) is 0. The summed E-state index contributed by atoms with van der Waals surface area (Å²) in [4.78, 5) is 0.0116. The highest BCUT2D eigenvalue weighted by Crippen LogP contribution is 2.31. The van der Waals surface area contributed by atoms with Gasteiger partial charge in [0.2, 0.25) is 0 Å². The van der Waals surface area contributed by atoms with Crippen LogP contribution in [0.15, 0.2) is 41.3 Å². The number of halogens is 1. The molecule has 15 heavy (non-hydrogen) atoms. The van der Waals surface area contributed by atoms with Crippen molar-refractivity contribution in [2.45, 2.75) is 4.90 Å². The van der Waals surface area contributed by atoms with Gasteiger partial charge in [-0.3, -0.25) is 0 Å². The zero-order valence-electron chi connectivity index (χ0n) is 7.51. The third kappa shape index (κ3) is 1.78. The van der Waals surface area contributed by atoms with Gasteiger partial charge in [0.25, 0.3) is 9.05 Å². The van der Waals surface area contributed by atoms with Crippen molar-refractivity contribution >= 4 is 30.5 Å². The smallest absolute Gasteiger partial charge is 0.261 e. The fourth-order valence-electron chi connectivity index (χ4n) is 1.47. The minimum Gasteiger partial charge on any atom is -0.507 e. The van der Waals surface area contributed by atoms with E-state index in [4.69, 9.17) is 10.7 Å². The minimum absolute atomic E-state index is 0.0116. The number of phenols is 1. The van der Waals surface area contributed by atoms with Crippen molar-refractivity contribution in [3.05, 3.63) is 36.4 Å². The van der Waals surface area contributed by atoms with Crippen LogP contribution in [0, 0.1) is 0 Å². The maximum atomic E-state index is 11.2. The average Bonchev–Trinajstić information content (AvgIpc) is 2.17. The molecule has 0 bridgehead atoms. The number of hydrogen-bond donors (Lipinski definition) is 1. The molecule has 0 unspecified atom stereocenters. The first-order valence-electron chi connectivity index (χ1n) is 4.15. The van der Waals surface area contributed by atoms with Gasteiger partial charge in [-0.2, -0.15) is 0 Å². The highest BCUT2D eigenvalue weighted by atomic mass is 35.7. The van der Waals surface area contributed by atoms with Gasteiger partial charge in [0.05, 0.1) is 4.90 Å². The molecule has 2 aromatic rings. The Balaban J connectivity index is 2.96. The van der Waals surface area contributed by atoms with Crippen LogP contribution in [0.3, 0.4) is 0 Å². The summed E-state index contributed by atoms with van der Waals surface area (Å²) in [5.41, 5.74) is 0. The molecule has 3 nitrogen and oxygen atoms in total. The fraction of sp³-hybridized carbons (Fsp3) is 0. The molecule has 0 aliphatic rings. The van der Waals surface area contributed by atoms with E-state index in [1.54, 1.807) is 24.3 Å². The van der Waals surface area contributed by atoms with Gasteiger partial charge in [-0.05, 0) is 12.1 Å². The molecular weight excluding hydrogens is 236 g/mol. The third-order valence-electron chi connectivity index (χ3n) is 2.12. The van der Waals surface area contributed by atoms with Crippen LogP contribution in [0.1, 0.15) is 0 Å². The molecule has 5 heteroatoms. The summed E-state index contributed by atoms with van der Waals surface area (Å²) in [6, 6.07) is 9.25. The summed E-state index contributed by atoms with van der Waals surface area (Å²) >= 11 is 0. The lowest BCUT2D eigenvalue weighted by molar-refractivity contribution is 0.481. The third-order valence-corrected chi connectivity index (χ3v) is 3.50. The lowest BCUT2D eigenvalue weighted by atomic mass is 10.1. The predicted octanol–water partition coefficient (Wildman–Crippen LogP) is 2.47. The van der Waals surface area contributed by atoms with Crippen molar-refractivity contribution in [2.75, 3.05) is 0 Å². The summed E-state index contributed by atoms with van der Waals surface area (Å²) in [6.45, 7) is 0. The van der Waals surface area contributed by atoms with E-state index in [-0.39, 0.29) is 10.6 Å². The molecule has 78 valence electrons. The summed E-state index contributed by atoms with van der Waals surface area (Å²) < 4.78 is 22.5. The van der Waals surface area contributed by atoms with Crippen molar-refractivity contribution in [3.8, 4) is 5.75 Å². The lowest BCUT2D eigenvalue weighted by Crippen LogP contribution is -1.91. The number of phenolic OH excluding ortho intramolecular Hbond substituents is 1. The van der Waals surface area contributed by atoms with Gasteiger partial charge in [0, 0.05) is 21.5 Å². The van der Waals surface area contributed by atoms with E-state index in [0.717, 1.165) is 0 Å². The Hall–Kier alpha value is -1.26. The second kappa shape index (κ2) is 3.40. The predicted molar refractivity (Wildman–Crippen MR) is 58.7 cm³/mol. The molecule has 2 aromatic carbocycles. The molecule has 2 rings (SSSR count). The lowest BCUT2D eigenvalue weighted by Gasteiger charge is -2.04. The Kier molecular flexibility index (Phi) is 2.32. The highest BCUT2D eigenvalue weighted by molar-refractivity contribution is 8.14. The van der Waals surface area contributed by atoms with Crippen LogP contribution in [-0.4, -0.2) is 13.5 Å². The van der Waals surface area contributed by atoms with Crippen molar-refractivity contribution in [1.82, 2.24) is 0 Å². The topological polar surface area (TPSA) is 54.4 Å². The Morgan fingerprint density at radius 1 is 1.00 bits per heavy atom. The van der Waals surface area contributed by atoms with Crippen molar-refractivity contribution < 1.29 is 13.5 Å². The quantitative estimate of drug-likeness (QED) is 0.782. The SMILES string of the molecule is O=S(=O)(Cl)c1ccc(O)c2ccccc12. The molecule has 0 saturated carbocycles. The van der Waals surface area contributed by atoms with Gasteiger partial charge in [-0.1, -0.05) is 24.3 Å². The molecule has 0 saturated heterocycles. The molecule has 0 amide bonds. The van der Waals surface area contributed by atoms with Gasteiger partial charge in [-0.15, -0.1) is 0 Å². The molecule has 0 heterocycles. The van der Waals surface area contributed by atoms with Crippen LogP contribution < -0.4 is 0 Å². The van der Waals surface area contributed by atoms with Gasteiger partial charge in [0.15, 0.2) is 0 Å². The van der Waals surface area contributed by atoms with Crippen LogP contribution in [0.2, 0.25) is 0 Å². The van der Waals surface area contributed by atoms with Crippen LogP contribution in [0.4, 0.5) is 0 Å². The van der Waals surface area contributed by atoms with Gasteiger partial charge in [0.1, 0.15) is 5.75 Å².